The van der Waals surface area contributed by atoms with Crippen molar-refractivity contribution >= 4 is 15.7 Å². The zero-order valence-corrected chi connectivity index (χ0v) is 16.0. The van der Waals surface area contributed by atoms with Crippen LogP contribution in [-0.4, -0.2) is 35.2 Å². The fourth-order valence-corrected chi connectivity index (χ4v) is 4.22. The maximum Gasteiger partial charge on any atom is 0.240 e. The number of hydrogen-bond donors (Lipinski definition) is 2. The summed E-state index contributed by atoms with van der Waals surface area (Å²) in [6.45, 7) is 2.39. The highest BCUT2D eigenvalue weighted by Gasteiger charge is 2.21. The number of benzene rings is 2. The van der Waals surface area contributed by atoms with Gasteiger partial charge in [0.2, 0.25) is 10.0 Å². The van der Waals surface area contributed by atoms with E-state index in [1.807, 2.05) is 24.3 Å². The molecule has 1 aliphatic rings. The van der Waals surface area contributed by atoms with Crippen LogP contribution in [0, 0.1) is 0 Å². The van der Waals surface area contributed by atoms with Crippen LogP contribution in [0.2, 0.25) is 0 Å². The van der Waals surface area contributed by atoms with Crippen molar-refractivity contribution in [3.05, 3.63) is 47.5 Å². The average Bonchev–Trinajstić information content (AvgIpc) is 3.00. The van der Waals surface area contributed by atoms with E-state index < -0.39 is 10.0 Å². The summed E-state index contributed by atoms with van der Waals surface area (Å²) in [5, 5.41) is 3.32. The first-order valence-electron chi connectivity index (χ1n) is 8.53. The Morgan fingerprint density at radius 3 is 2.62 bits per heavy atom. The predicted molar refractivity (Wildman–Crippen MR) is 102 cm³/mol. The number of fused-ring (bicyclic) bond motifs is 1. The van der Waals surface area contributed by atoms with Gasteiger partial charge in [-0.2, -0.15) is 0 Å². The second-order valence-electron chi connectivity index (χ2n) is 6.41. The molecule has 7 heteroatoms. The Morgan fingerprint density at radius 2 is 1.88 bits per heavy atom. The van der Waals surface area contributed by atoms with Crippen LogP contribution in [-0.2, 0) is 22.9 Å². The maximum atomic E-state index is 12.6. The zero-order valence-electron chi connectivity index (χ0n) is 15.2. The lowest BCUT2D eigenvalue weighted by Gasteiger charge is -2.11. The first-order valence-corrected chi connectivity index (χ1v) is 10.0. The minimum atomic E-state index is -3.53. The van der Waals surface area contributed by atoms with Crippen molar-refractivity contribution in [3.63, 3.8) is 0 Å². The minimum Gasteiger partial charge on any atom is -0.493 e. The van der Waals surface area contributed by atoms with Crippen molar-refractivity contribution in [2.75, 3.05) is 26.1 Å². The van der Waals surface area contributed by atoms with Crippen LogP contribution in [0.3, 0.4) is 0 Å². The van der Waals surface area contributed by atoms with Crippen molar-refractivity contribution in [2.45, 2.75) is 30.7 Å². The Balaban J connectivity index is 1.65. The molecule has 0 bridgehead atoms. The van der Waals surface area contributed by atoms with E-state index in [0.717, 1.165) is 23.2 Å². The molecule has 1 unspecified atom stereocenters. The molecule has 0 aliphatic carbocycles. The third kappa shape index (κ3) is 3.94. The molecule has 1 atom stereocenters. The van der Waals surface area contributed by atoms with Gasteiger partial charge in [-0.25, -0.2) is 13.1 Å². The van der Waals surface area contributed by atoms with E-state index in [1.54, 1.807) is 26.4 Å². The monoisotopic (exact) mass is 376 g/mol. The lowest BCUT2D eigenvalue weighted by Crippen LogP contribution is -2.26. The van der Waals surface area contributed by atoms with E-state index in [9.17, 15) is 8.42 Å². The fraction of sp³-hybridized carbons (Fsp3) is 0.368. The molecule has 26 heavy (non-hydrogen) atoms. The second-order valence-corrected chi connectivity index (χ2v) is 8.17. The third-order valence-corrected chi connectivity index (χ3v) is 5.93. The minimum absolute atomic E-state index is 0.305. The SMILES string of the molecule is COc1ccc(CCNS(=O)(=O)c2ccc3c(c2)CC(C)N3)cc1OC. The molecular weight excluding hydrogens is 352 g/mol. The number of hydrogen-bond acceptors (Lipinski definition) is 5. The van der Waals surface area contributed by atoms with Gasteiger partial charge < -0.3 is 14.8 Å². The molecule has 0 spiro atoms. The Bertz CT molecular complexity index is 896. The average molecular weight is 376 g/mol. The van der Waals surface area contributed by atoms with Crippen molar-refractivity contribution < 1.29 is 17.9 Å². The van der Waals surface area contributed by atoms with Crippen LogP contribution in [0.15, 0.2) is 41.3 Å². The van der Waals surface area contributed by atoms with E-state index in [1.165, 1.54) is 0 Å². The number of nitrogens with one attached hydrogen (secondary N) is 2. The smallest absolute Gasteiger partial charge is 0.240 e. The van der Waals surface area contributed by atoms with Crippen LogP contribution in [0.1, 0.15) is 18.1 Å². The number of ether oxygens (including phenoxy) is 2. The highest BCUT2D eigenvalue weighted by Crippen LogP contribution is 2.29. The summed E-state index contributed by atoms with van der Waals surface area (Å²) in [6.07, 6.45) is 1.40. The zero-order chi connectivity index (χ0) is 18.7. The molecule has 6 nitrogen and oxygen atoms in total. The fourth-order valence-electron chi connectivity index (χ4n) is 3.14. The molecule has 0 radical (unpaired) electrons. The van der Waals surface area contributed by atoms with Crippen molar-refractivity contribution in [3.8, 4) is 11.5 Å². The Morgan fingerprint density at radius 1 is 1.12 bits per heavy atom. The number of methoxy groups -OCH3 is 2. The number of sulfonamides is 1. The van der Waals surface area contributed by atoms with Crippen molar-refractivity contribution in [1.29, 1.82) is 0 Å². The van der Waals surface area contributed by atoms with Crippen LogP contribution in [0.25, 0.3) is 0 Å². The molecule has 140 valence electrons. The molecule has 1 aliphatic heterocycles. The Kier molecular flexibility index (Phi) is 5.38. The first kappa shape index (κ1) is 18.5. The van der Waals surface area contributed by atoms with Gasteiger partial charge >= 0.3 is 0 Å². The molecule has 2 aromatic carbocycles. The van der Waals surface area contributed by atoms with Crippen LogP contribution in [0.4, 0.5) is 5.69 Å². The maximum absolute atomic E-state index is 12.6. The summed E-state index contributed by atoms with van der Waals surface area (Å²) in [7, 11) is -0.373. The second kappa shape index (κ2) is 7.55. The summed E-state index contributed by atoms with van der Waals surface area (Å²) in [5.74, 6) is 1.28. The lowest BCUT2D eigenvalue weighted by atomic mass is 10.1. The van der Waals surface area contributed by atoms with Gasteiger partial charge in [0, 0.05) is 18.3 Å². The summed E-state index contributed by atoms with van der Waals surface area (Å²) >= 11 is 0. The van der Waals surface area contributed by atoms with E-state index in [4.69, 9.17) is 9.47 Å². The highest BCUT2D eigenvalue weighted by atomic mass is 32.2. The molecular formula is C19H24N2O4S. The topological polar surface area (TPSA) is 76.7 Å². The predicted octanol–water partition coefficient (Wildman–Crippen LogP) is 2.58. The molecule has 0 aromatic heterocycles. The third-order valence-electron chi connectivity index (χ3n) is 4.47. The van der Waals surface area contributed by atoms with Gasteiger partial charge in [-0.1, -0.05) is 6.07 Å². The number of anilines is 1. The molecule has 1 heterocycles. The molecule has 0 fully saturated rings. The van der Waals surface area contributed by atoms with Crippen LogP contribution in [0.5, 0.6) is 11.5 Å². The van der Waals surface area contributed by atoms with E-state index in [0.29, 0.717) is 35.4 Å². The van der Waals surface area contributed by atoms with Crippen LogP contribution < -0.4 is 19.5 Å². The van der Waals surface area contributed by atoms with Crippen molar-refractivity contribution in [1.82, 2.24) is 4.72 Å². The van der Waals surface area contributed by atoms with Gasteiger partial charge in [0.15, 0.2) is 11.5 Å². The van der Waals surface area contributed by atoms with E-state index in [2.05, 4.69) is 17.0 Å². The van der Waals surface area contributed by atoms with E-state index in [-0.39, 0.29) is 0 Å². The molecule has 0 saturated heterocycles. The summed E-state index contributed by atoms with van der Waals surface area (Å²) in [6, 6.07) is 11.1. The lowest BCUT2D eigenvalue weighted by molar-refractivity contribution is 0.354. The van der Waals surface area contributed by atoms with Gasteiger partial charge in [0.25, 0.3) is 0 Å². The van der Waals surface area contributed by atoms with Gasteiger partial charge in [-0.15, -0.1) is 0 Å². The first-order chi connectivity index (χ1) is 12.4. The molecule has 3 rings (SSSR count). The molecule has 0 saturated carbocycles. The highest BCUT2D eigenvalue weighted by molar-refractivity contribution is 7.89. The van der Waals surface area contributed by atoms with Gasteiger partial charge in [0.05, 0.1) is 19.1 Å². The summed E-state index contributed by atoms with van der Waals surface area (Å²) in [5.41, 5.74) is 3.03. The van der Waals surface area contributed by atoms with Gasteiger partial charge in [0.1, 0.15) is 0 Å². The molecule has 2 aromatic rings. The molecule has 0 amide bonds. The standard InChI is InChI=1S/C19H24N2O4S/c1-13-10-15-12-16(5-6-17(15)21-13)26(22,23)20-9-8-14-4-7-18(24-2)19(11-14)25-3/h4-7,11-13,20-21H,8-10H2,1-3H3. The van der Waals surface area contributed by atoms with Crippen molar-refractivity contribution in [2.24, 2.45) is 0 Å². The van der Waals surface area contributed by atoms with E-state index >= 15 is 0 Å². The molecule has 2 N–H and O–H groups in total. The van der Waals surface area contributed by atoms with Crippen LogP contribution >= 0.6 is 0 Å². The normalized spacial score (nSPS) is 16.0. The Hall–Kier alpha value is -2.25. The largest absolute Gasteiger partial charge is 0.493 e. The van der Waals surface area contributed by atoms with Gasteiger partial charge in [-0.3, -0.25) is 0 Å². The summed E-state index contributed by atoms with van der Waals surface area (Å²) < 4.78 is 38.3. The Labute approximate surface area is 154 Å². The quantitative estimate of drug-likeness (QED) is 0.777. The number of rotatable bonds is 7. The summed E-state index contributed by atoms with van der Waals surface area (Å²) in [4.78, 5) is 0.305. The van der Waals surface area contributed by atoms with Gasteiger partial charge in [-0.05, 0) is 61.2 Å².